The number of rotatable bonds is 4. The second-order valence-electron chi connectivity index (χ2n) is 4.66. The van der Waals surface area contributed by atoms with E-state index in [0.717, 1.165) is 25.7 Å². The Balaban J connectivity index is 2.35. The van der Waals surface area contributed by atoms with Gasteiger partial charge in [-0.3, -0.25) is 4.79 Å². The smallest absolute Gasteiger partial charge is 0.307 e. The van der Waals surface area contributed by atoms with Crippen LogP contribution in [0, 0.1) is 0 Å². The number of carbonyl (C=O) groups excluding carboxylic acids is 1. The summed E-state index contributed by atoms with van der Waals surface area (Å²) in [5, 5.41) is 13.2. The molecule has 3 atom stereocenters. The quantitative estimate of drug-likeness (QED) is 0.562. The Labute approximate surface area is 97.4 Å². The molecule has 1 aliphatic carbocycles. The van der Waals surface area contributed by atoms with Crippen molar-refractivity contribution in [3.05, 3.63) is 0 Å². The minimum Gasteiger partial charge on any atom is -0.469 e. The molecule has 3 unspecified atom stereocenters. The molecule has 0 aliphatic heterocycles. The van der Waals surface area contributed by atoms with Gasteiger partial charge in [-0.25, -0.2) is 0 Å². The molecule has 2 N–H and O–H groups in total. The van der Waals surface area contributed by atoms with Gasteiger partial charge < -0.3 is 15.2 Å². The Morgan fingerprint density at radius 2 is 2.12 bits per heavy atom. The zero-order chi connectivity index (χ0) is 12.0. The molecule has 0 radical (unpaired) electrons. The first-order chi connectivity index (χ1) is 7.63. The van der Waals surface area contributed by atoms with Crippen molar-refractivity contribution in [1.29, 1.82) is 0 Å². The van der Waals surface area contributed by atoms with Gasteiger partial charge >= 0.3 is 5.97 Å². The van der Waals surface area contributed by atoms with E-state index in [1.165, 1.54) is 13.5 Å². The van der Waals surface area contributed by atoms with Crippen molar-refractivity contribution in [2.24, 2.45) is 0 Å². The Morgan fingerprint density at radius 3 is 2.81 bits per heavy atom. The lowest BCUT2D eigenvalue weighted by Crippen LogP contribution is -2.44. The van der Waals surface area contributed by atoms with E-state index in [1.807, 2.05) is 6.92 Å². The van der Waals surface area contributed by atoms with E-state index in [0.29, 0.717) is 6.42 Å². The van der Waals surface area contributed by atoms with Crippen LogP contribution in [0.4, 0.5) is 0 Å². The normalized spacial score (nSPS) is 28.2. The average Bonchev–Trinajstić information content (AvgIpc) is 2.44. The van der Waals surface area contributed by atoms with Gasteiger partial charge in [-0.05, 0) is 19.8 Å². The van der Waals surface area contributed by atoms with Crippen LogP contribution >= 0.6 is 0 Å². The number of methoxy groups -OCH3 is 1. The maximum atomic E-state index is 11.1. The summed E-state index contributed by atoms with van der Waals surface area (Å²) in [6.45, 7) is 1.95. The van der Waals surface area contributed by atoms with Gasteiger partial charge in [0.25, 0.3) is 0 Å². The second-order valence-corrected chi connectivity index (χ2v) is 4.66. The minimum atomic E-state index is -0.275. The molecule has 4 heteroatoms. The number of aliphatic hydroxyl groups is 1. The summed E-state index contributed by atoms with van der Waals surface area (Å²) in [6, 6.07) is 0.187. The molecule has 0 spiro atoms. The molecule has 16 heavy (non-hydrogen) atoms. The van der Waals surface area contributed by atoms with Crippen molar-refractivity contribution in [3.8, 4) is 0 Å². The molecular formula is C12H23NO3. The number of esters is 1. The summed E-state index contributed by atoms with van der Waals surface area (Å²) in [7, 11) is 1.40. The van der Waals surface area contributed by atoms with Crippen LogP contribution in [-0.2, 0) is 9.53 Å². The first kappa shape index (κ1) is 13.5. The highest BCUT2D eigenvalue weighted by atomic mass is 16.5. The van der Waals surface area contributed by atoms with Crippen LogP contribution in [0.5, 0.6) is 0 Å². The Morgan fingerprint density at radius 1 is 1.44 bits per heavy atom. The summed E-state index contributed by atoms with van der Waals surface area (Å²) < 4.78 is 4.62. The lowest BCUT2D eigenvalue weighted by Gasteiger charge is -2.25. The molecule has 0 aromatic carbocycles. The van der Waals surface area contributed by atoms with Gasteiger partial charge in [-0.1, -0.05) is 19.3 Å². The summed E-state index contributed by atoms with van der Waals surface area (Å²) in [6.07, 6.45) is 5.39. The van der Waals surface area contributed by atoms with E-state index in [9.17, 15) is 9.90 Å². The summed E-state index contributed by atoms with van der Waals surface area (Å²) >= 11 is 0. The van der Waals surface area contributed by atoms with Gasteiger partial charge in [-0.2, -0.15) is 0 Å². The average molecular weight is 229 g/mol. The second kappa shape index (κ2) is 6.86. The van der Waals surface area contributed by atoms with E-state index in [2.05, 4.69) is 10.1 Å². The zero-order valence-electron chi connectivity index (χ0n) is 10.2. The molecule has 0 heterocycles. The van der Waals surface area contributed by atoms with E-state index in [1.54, 1.807) is 0 Å². The maximum Gasteiger partial charge on any atom is 0.307 e. The third kappa shape index (κ3) is 4.49. The Kier molecular flexibility index (Phi) is 5.77. The monoisotopic (exact) mass is 229 g/mol. The van der Waals surface area contributed by atoms with Crippen molar-refractivity contribution in [1.82, 2.24) is 5.32 Å². The number of carbonyl (C=O) groups is 1. The van der Waals surface area contributed by atoms with E-state index >= 15 is 0 Å². The minimum absolute atomic E-state index is 0.0604. The Hall–Kier alpha value is -0.610. The third-order valence-corrected chi connectivity index (χ3v) is 3.18. The SMILES string of the molecule is COC(=O)CC(C)NC1CCCCCC1O. The summed E-state index contributed by atoms with van der Waals surface area (Å²) in [5.74, 6) is -0.205. The Bertz CT molecular complexity index is 220. The van der Waals surface area contributed by atoms with Crippen LogP contribution in [-0.4, -0.2) is 36.4 Å². The standard InChI is InChI=1S/C12H23NO3/c1-9(8-12(15)16-2)13-10-6-4-3-5-7-11(10)14/h9-11,13-14H,3-8H2,1-2H3. The fraction of sp³-hybridized carbons (Fsp3) is 0.917. The molecule has 0 saturated heterocycles. The molecule has 1 rings (SSSR count). The number of nitrogens with one attached hydrogen (secondary N) is 1. The number of aliphatic hydroxyl groups excluding tert-OH is 1. The van der Waals surface area contributed by atoms with Gasteiger partial charge in [0.1, 0.15) is 0 Å². The maximum absolute atomic E-state index is 11.1. The molecule has 0 aromatic heterocycles. The highest BCUT2D eigenvalue weighted by Gasteiger charge is 2.23. The number of hydrogen-bond acceptors (Lipinski definition) is 4. The summed E-state index contributed by atoms with van der Waals surface area (Å²) in [4.78, 5) is 11.1. The first-order valence-electron chi connectivity index (χ1n) is 6.14. The van der Waals surface area contributed by atoms with Crippen molar-refractivity contribution >= 4 is 5.97 Å². The highest BCUT2D eigenvalue weighted by Crippen LogP contribution is 2.18. The molecular weight excluding hydrogens is 206 g/mol. The zero-order valence-corrected chi connectivity index (χ0v) is 10.2. The fourth-order valence-electron chi connectivity index (χ4n) is 2.24. The largest absolute Gasteiger partial charge is 0.469 e. The predicted octanol–water partition coefficient (Wildman–Crippen LogP) is 1.22. The highest BCUT2D eigenvalue weighted by molar-refractivity contribution is 5.69. The fourth-order valence-corrected chi connectivity index (χ4v) is 2.24. The van der Waals surface area contributed by atoms with Crippen LogP contribution in [0.2, 0.25) is 0 Å². The van der Waals surface area contributed by atoms with Gasteiger partial charge in [0.2, 0.25) is 0 Å². The van der Waals surface area contributed by atoms with E-state index < -0.39 is 0 Å². The molecule has 94 valence electrons. The van der Waals surface area contributed by atoms with Crippen LogP contribution < -0.4 is 5.32 Å². The van der Waals surface area contributed by atoms with E-state index in [4.69, 9.17) is 0 Å². The summed E-state index contributed by atoms with van der Waals surface area (Å²) in [5.41, 5.74) is 0. The molecule has 0 bridgehead atoms. The number of hydrogen-bond donors (Lipinski definition) is 2. The van der Waals surface area contributed by atoms with Gasteiger partial charge in [-0.15, -0.1) is 0 Å². The van der Waals surface area contributed by atoms with Crippen molar-refractivity contribution in [2.45, 2.75) is 63.6 Å². The van der Waals surface area contributed by atoms with Crippen LogP contribution in [0.1, 0.15) is 45.4 Å². The van der Waals surface area contributed by atoms with Crippen molar-refractivity contribution < 1.29 is 14.6 Å². The third-order valence-electron chi connectivity index (χ3n) is 3.18. The van der Waals surface area contributed by atoms with Crippen molar-refractivity contribution in [3.63, 3.8) is 0 Å². The molecule has 4 nitrogen and oxygen atoms in total. The topological polar surface area (TPSA) is 58.6 Å². The van der Waals surface area contributed by atoms with E-state index in [-0.39, 0.29) is 24.2 Å². The van der Waals surface area contributed by atoms with Crippen molar-refractivity contribution in [2.75, 3.05) is 7.11 Å². The molecule has 1 fully saturated rings. The molecule has 1 saturated carbocycles. The van der Waals surface area contributed by atoms with Crippen LogP contribution in [0.15, 0.2) is 0 Å². The predicted molar refractivity (Wildman–Crippen MR) is 62.1 cm³/mol. The first-order valence-corrected chi connectivity index (χ1v) is 6.14. The van der Waals surface area contributed by atoms with Gasteiger partial charge in [0.05, 0.1) is 19.6 Å². The van der Waals surface area contributed by atoms with Crippen LogP contribution in [0.25, 0.3) is 0 Å². The lowest BCUT2D eigenvalue weighted by atomic mass is 10.0. The van der Waals surface area contributed by atoms with Crippen LogP contribution in [0.3, 0.4) is 0 Å². The lowest BCUT2D eigenvalue weighted by molar-refractivity contribution is -0.141. The molecule has 0 amide bonds. The van der Waals surface area contributed by atoms with Gasteiger partial charge in [0.15, 0.2) is 0 Å². The molecule has 0 aromatic rings. The van der Waals surface area contributed by atoms with Gasteiger partial charge in [0, 0.05) is 12.1 Å². The number of ether oxygens (including phenoxy) is 1. The molecule has 1 aliphatic rings.